The van der Waals surface area contributed by atoms with Gasteiger partial charge in [0.05, 0.1) is 0 Å². The van der Waals surface area contributed by atoms with Crippen molar-refractivity contribution >= 4 is 34.6 Å². The second kappa shape index (κ2) is 17.7. The quantitative estimate of drug-likeness (QED) is 0.0550. The predicted molar refractivity (Wildman–Crippen MR) is 183 cm³/mol. The van der Waals surface area contributed by atoms with Crippen molar-refractivity contribution in [2.45, 2.75) is 136 Å². The topological polar surface area (TPSA) is 61.8 Å². The van der Waals surface area contributed by atoms with Gasteiger partial charge >= 0.3 is 259 Å². The summed E-state index contributed by atoms with van der Waals surface area (Å²) in [5.74, 6) is -0.977. The third-order valence-corrected chi connectivity index (χ3v) is 23.9. The van der Waals surface area contributed by atoms with Crippen LogP contribution in [0.15, 0.2) is 64.0 Å². The first-order valence-electron chi connectivity index (χ1n) is 17.0. The molecule has 46 heavy (non-hydrogen) atoms. The molecular formula is C36H53F3O5SSn. The number of unbranched alkanes of at least 4 members (excludes halogenated alkanes) is 3. The fourth-order valence-corrected chi connectivity index (χ4v) is 20.8. The fraction of sp³-hybridized carbons (Fsp3) is 0.611. The summed E-state index contributed by atoms with van der Waals surface area (Å²) in [7, 11) is -5.78. The van der Waals surface area contributed by atoms with Gasteiger partial charge in [0.1, 0.15) is 0 Å². The molecule has 0 aromatic heterocycles. The van der Waals surface area contributed by atoms with Crippen LogP contribution in [0.5, 0.6) is 0 Å². The number of hydrogen-bond acceptors (Lipinski definition) is 5. The molecule has 258 valence electrons. The number of hydrogen-bond donors (Lipinski definition) is 0. The SMILES string of the molecule is CCC[CH2][Sn](/[CH]=C/C=C/c1ccccc1[C@H]1OC(C)(C)O[C@@H]1C1=CCCCC/C1=C\OS(=O)(=O)C(F)(F)F)([CH2]CCC)[CH2]CCC. The van der Waals surface area contributed by atoms with Gasteiger partial charge in [-0.2, -0.15) is 21.6 Å². The number of rotatable bonds is 16. The van der Waals surface area contributed by atoms with Crippen molar-refractivity contribution in [2.75, 3.05) is 0 Å². The molecule has 0 unspecified atom stereocenters. The van der Waals surface area contributed by atoms with Crippen LogP contribution in [-0.4, -0.2) is 44.2 Å². The maximum absolute atomic E-state index is 13.0. The van der Waals surface area contributed by atoms with Gasteiger partial charge in [0.15, 0.2) is 0 Å². The van der Waals surface area contributed by atoms with Crippen molar-refractivity contribution in [1.82, 2.24) is 0 Å². The summed E-state index contributed by atoms with van der Waals surface area (Å²) in [6.07, 6.45) is 18.0. The summed E-state index contributed by atoms with van der Waals surface area (Å²) >= 11 is -2.44. The Morgan fingerprint density at radius 3 is 2.15 bits per heavy atom. The molecule has 0 amide bonds. The van der Waals surface area contributed by atoms with Crippen LogP contribution in [-0.2, 0) is 23.8 Å². The molecule has 10 heteroatoms. The van der Waals surface area contributed by atoms with E-state index >= 15 is 0 Å². The van der Waals surface area contributed by atoms with E-state index in [-0.39, 0.29) is 0 Å². The molecule has 1 aliphatic carbocycles. The van der Waals surface area contributed by atoms with E-state index in [4.69, 9.17) is 9.47 Å². The molecule has 1 saturated heterocycles. The number of ether oxygens (including phenoxy) is 2. The monoisotopic (exact) mass is 774 g/mol. The van der Waals surface area contributed by atoms with Crippen molar-refractivity contribution in [3.8, 4) is 0 Å². The summed E-state index contributed by atoms with van der Waals surface area (Å²) in [6, 6.07) is 7.93. The van der Waals surface area contributed by atoms with Crippen molar-refractivity contribution in [1.29, 1.82) is 0 Å². The fourth-order valence-electron chi connectivity index (χ4n) is 6.36. The van der Waals surface area contributed by atoms with Crippen LogP contribution in [0.1, 0.15) is 116 Å². The van der Waals surface area contributed by atoms with Crippen LogP contribution < -0.4 is 0 Å². The second-order valence-electron chi connectivity index (χ2n) is 13.0. The van der Waals surface area contributed by atoms with Crippen molar-refractivity contribution in [2.24, 2.45) is 0 Å². The van der Waals surface area contributed by atoms with E-state index in [1.54, 1.807) is 0 Å². The molecule has 0 N–H and O–H groups in total. The van der Waals surface area contributed by atoms with Gasteiger partial charge < -0.3 is 0 Å². The number of benzene rings is 1. The van der Waals surface area contributed by atoms with Gasteiger partial charge in [-0.3, -0.25) is 0 Å². The Balaban J connectivity index is 1.96. The van der Waals surface area contributed by atoms with E-state index in [0.717, 1.165) is 23.8 Å². The van der Waals surface area contributed by atoms with Crippen LogP contribution >= 0.6 is 0 Å². The molecule has 1 fully saturated rings. The maximum atomic E-state index is 13.0. The van der Waals surface area contributed by atoms with E-state index in [1.165, 1.54) is 51.8 Å². The van der Waals surface area contributed by atoms with Gasteiger partial charge in [-0.25, -0.2) is 0 Å². The third kappa shape index (κ3) is 11.0. The van der Waals surface area contributed by atoms with E-state index in [9.17, 15) is 21.6 Å². The van der Waals surface area contributed by atoms with Crippen molar-refractivity contribution in [3.63, 3.8) is 0 Å². The first kappa shape index (κ1) is 38.9. The molecule has 0 radical (unpaired) electrons. The second-order valence-corrected chi connectivity index (χ2v) is 27.6. The Kier molecular flexibility index (Phi) is 15.0. The Hall–Kier alpha value is -1.56. The van der Waals surface area contributed by atoms with Crippen LogP contribution in [0, 0.1) is 0 Å². The van der Waals surface area contributed by atoms with E-state index in [2.05, 4.69) is 47.3 Å². The van der Waals surface area contributed by atoms with Gasteiger partial charge in [-0.15, -0.1) is 0 Å². The Labute approximate surface area is 279 Å². The minimum absolute atomic E-state index is 0.361. The average molecular weight is 774 g/mol. The molecular weight excluding hydrogens is 720 g/mol. The molecule has 3 rings (SSSR count). The molecule has 1 aliphatic heterocycles. The zero-order valence-electron chi connectivity index (χ0n) is 28.2. The van der Waals surface area contributed by atoms with Gasteiger partial charge in [0.2, 0.25) is 0 Å². The Morgan fingerprint density at radius 1 is 0.935 bits per heavy atom. The van der Waals surface area contributed by atoms with Crippen molar-refractivity contribution < 1.29 is 35.2 Å². The minimum atomic E-state index is -5.78. The molecule has 1 heterocycles. The normalized spacial score (nSPS) is 22.1. The third-order valence-electron chi connectivity index (χ3n) is 8.86. The summed E-state index contributed by atoms with van der Waals surface area (Å²) in [4.78, 5) is 0. The Bertz CT molecular complexity index is 1330. The van der Waals surface area contributed by atoms with Crippen LogP contribution in [0.2, 0.25) is 13.3 Å². The zero-order chi connectivity index (χ0) is 33.8. The molecule has 0 saturated carbocycles. The van der Waals surface area contributed by atoms with Gasteiger partial charge in [-0.05, 0) is 0 Å². The summed E-state index contributed by atoms with van der Waals surface area (Å²) < 4.78 is 86.6. The van der Waals surface area contributed by atoms with Gasteiger partial charge in [0, 0.05) is 0 Å². The Morgan fingerprint density at radius 2 is 1.54 bits per heavy atom. The van der Waals surface area contributed by atoms with Crippen molar-refractivity contribution in [3.05, 3.63) is 75.1 Å². The van der Waals surface area contributed by atoms with Crippen LogP contribution in [0.4, 0.5) is 13.2 Å². The molecule has 5 nitrogen and oxygen atoms in total. The zero-order valence-corrected chi connectivity index (χ0v) is 31.9. The molecule has 1 aromatic carbocycles. The standard InChI is InChI=1S/C24H26F3O5S.3C4H9.Sn/c1-4-5-11-17-12-9-10-15-19(17)21-22(32-23(2,3)31-21)20-14-8-6-7-13-18(20)16-30-33(28,29)24(25,26)27;3*1-3-4-2;/h1,4-5,9-12,14-16,21-22H,6-8,13H2,2-3H3;3*1,3-4H2,2H3;/b4-1?,11-5+,18-16+;;;;/t21-,22-;;;;/m1..../s1. The average Bonchev–Trinajstić information content (AvgIpc) is 3.16. The van der Waals surface area contributed by atoms with E-state index < -0.39 is 52.0 Å². The first-order chi connectivity index (χ1) is 21.8. The first-order valence-corrected chi connectivity index (χ1v) is 26.1. The molecule has 1 aromatic rings. The molecule has 0 bridgehead atoms. The van der Waals surface area contributed by atoms with Gasteiger partial charge in [0.25, 0.3) is 0 Å². The summed E-state index contributed by atoms with van der Waals surface area (Å²) in [5, 5.41) is 0. The van der Waals surface area contributed by atoms with Gasteiger partial charge in [-0.1, -0.05) is 0 Å². The number of alkyl halides is 3. The summed E-state index contributed by atoms with van der Waals surface area (Å²) in [5.41, 5.74) is -2.68. The van der Waals surface area contributed by atoms with Crippen LogP contribution in [0.25, 0.3) is 6.08 Å². The van der Waals surface area contributed by atoms with Crippen LogP contribution in [0.3, 0.4) is 0 Å². The molecule has 0 spiro atoms. The molecule has 2 aliphatic rings. The predicted octanol–water partition coefficient (Wildman–Crippen LogP) is 11.1. The molecule has 2 atom stereocenters. The van der Waals surface area contributed by atoms with E-state index in [0.29, 0.717) is 30.4 Å². The number of halogens is 3. The number of allylic oxidation sites excluding steroid dienone is 3. The van der Waals surface area contributed by atoms with E-state index in [1.807, 2.05) is 44.2 Å². The summed E-state index contributed by atoms with van der Waals surface area (Å²) in [6.45, 7) is 10.5.